The molecule has 0 amide bonds. The van der Waals surface area contributed by atoms with Crippen LogP contribution in [0, 0.1) is 5.41 Å². The molecule has 0 radical (unpaired) electrons. The van der Waals surface area contributed by atoms with Crippen LogP contribution < -0.4 is 5.73 Å². The molecule has 1 atom stereocenters. The zero-order valence-corrected chi connectivity index (χ0v) is 11.5. The highest BCUT2D eigenvalue weighted by Gasteiger charge is 2.33. The molecule has 1 aliphatic carbocycles. The van der Waals surface area contributed by atoms with Crippen molar-refractivity contribution in [2.75, 3.05) is 6.54 Å². The van der Waals surface area contributed by atoms with E-state index < -0.39 is 0 Å². The van der Waals surface area contributed by atoms with E-state index in [2.05, 4.69) is 35.4 Å². The average molecular weight is 255 g/mol. The van der Waals surface area contributed by atoms with E-state index in [0.29, 0.717) is 0 Å². The second-order valence-corrected chi connectivity index (χ2v) is 5.81. The van der Waals surface area contributed by atoms with Crippen molar-refractivity contribution in [2.24, 2.45) is 18.2 Å². The highest BCUT2D eigenvalue weighted by atomic mass is 15.2. The fourth-order valence-corrected chi connectivity index (χ4v) is 3.21. The van der Waals surface area contributed by atoms with Crippen molar-refractivity contribution in [1.29, 1.82) is 0 Å². The Morgan fingerprint density at radius 1 is 1.26 bits per heavy atom. The SMILES string of the molecule is Cn1ccc(CC2(CN)CCc3ccccc3C2)n1. The lowest BCUT2D eigenvalue weighted by atomic mass is 9.69. The van der Waals surface area contributed by atoms with Crippen molar-refractivity contribution in [3.63, 3.8) is 0 Å². The quantitative estimate of drug-likeness (QED) is 0.912. The van der Waals surface area contributed by atoms with Gasteiger partial charge in [0.05, 0.1) is 5.69 Å². The molecule has 1 heterocycles. The number of rotatable bonds is 3. The third-order valence-corrected chi connectivity index (χ3v) is 4.37. The molecule has 0 fully saturated rings. The first-order valence-electron chi connectivity index (χ1n) is 6.96. The zero-order valence-electron chi connectivity index (χ0n) is 11.5. The molecule has 1 aromatic carbocycles. The molecule has 0 bridgehead atoms. The van der Waals surface area contributed by atoms with Gasteiger partial charge >= 0.3 is 0 Å². The third kappa shape index (κ3) is 2.43. The van der Waals surface area contributed by atoms with Crippen LogP contribution in [-0.2, 0) is 26.3 Å². The van der Waals surface area contributed by atoms with E-state index in [1.807, 2.05) is 17.9 Å². The van der Waals surface area contributed by atoms with Gasteiger partial charge < -0.3 is 5.73 Å². The molecule has 1 aliphatic rings. The highest BCUT2D eigenvalue weighted by Crippen LogP contribution is 2.37. The van der Waals surface area contributed by atoms with E-state index in [1.165, 1.54) is 11.1 Å². The number of benzene rings is 1. The van der Waals surface area contributed by atoms with Crippen LogP contribution in [0.25, 0.3) is 0 Å². The summed E-state index contributed by atoms with van der Waals surface area (Å²) in [6.45, 7) is 0.734. The minimum Gasteiger partial charge on any atom is -0.330 e. The number of aryl methyl sites for hydroxylation is 2. The van der Waals surface area contributed by atoms with Crippen LogP contribution in [0.1, 0.15) is 23.2 Å². The zero-order chi connectivity index (χ0) is 13.3. The number of nitrogens with two attached hydrogens (primary N) is 1. The standard InChI is InChI=1S/C16H21N3/c1-19-9-7-15(18-19)11-16(12-17)8-6-13-4-2-3-5-14(13)10-16/h2-5,7,9H,6,8,10-12,17H2,1H3. The van der Waals surface area contributed by atoms with E-state index in [1.54, 1.807) is 0 Å². The summed E-state index contributed by atoms with van der Waals surface area (Å²) in [6.07, 6.45) is 6.38. The van der Waals surface area contributed by atoms with Gasteiger partial charge in [-0.15, -0.1) is 0 Å². The van der Waals surface area contributed by atoms with Crippen LogP contribution in [0.5, 0.6) is 0 Å². The fourth-order valence-electron chi connectivity index (χ4n) is 3.21. The summed E-state index contributed by atoms with van der Waals surface area (Å²) >= 11 is 0. The summed E-state index contributed by atoms with van der Waals surface area (Å²) < 4.78 is 1.87. The van der Waals surface area contributed by atoms with Gasteiger partial charge in [0.1, 0.15) is 0 Å². The Labute approximate surface area is 114 Å². The summed E-state index contributed by atoms with van der Waals surface area (Å²) in [5, 5.41) is 4.51. The first-order chi connectivity index (χ1) is 9.21. The molecule has 3 heteroatoms. The molecule has 3 rings (SSSR count). The minimum absolute atomic E-state index is 0.183. The van der Waals surface area contributed by atoms with Crippen LogP contribution in [0.3, 0.4) is 0 Å². The summed E-state index contributed by atoms with van der Waals surface area (Å²) in [6, 6.07) is 10.9. The Hall–Kier alpha value is -1.61. The van der Waals surface area contributed by atoms with Gasteiger partial charge in [-0.1, -0.05) is 24.3 Å². The Morgan fingerprint density at radius 3 is 2.74 bits per heavy atom. The maximum absolute atomic E-state index is 6.12. The van der Waals surface area contributed by atoms with Gasteiger partial charge in [0.15, 0.2) is 0 Å². The topological polar surface area (TPSA) is 43.8 Å². The van der Waals surface area contributed by atoms with Crippen LogP contribution in [-0.4, -0.2) is 16.3 Å². The maximum Gasteiger partial charge on any atom is 0.0630 e. The molecule has 2 aromatic rings. The largest absolute Gasteiger partial charge is 0.330 e. The predicted molar refractivity (Wildman–Crippen MR) is 76.9 cm³/mol. The first-order valence-corrected chi connectivity index (χ1v) is 6.96. The molecule has 100 valence electrons. The number of hydrogen-bond acceptors (Lipinski definition) is 2. The number of hydrogen-bond donors (Lipinski definition) is 1. The molecular weight excluding hydrogens is 234 g/mol. The van der Waals surface area contributed by atoms with Crippen molar-refractivity contribution < 1.29 is 0 Å². The molecule has 0 aliphatic heterocycles. The number of nitrogens with zero attached hydrogens (tertiary/aromatic N) is 2. The Morgan fingerprint density at radius 2 is 2.05 bits per heavy atom. The fraction of sp³-hybridized carbons (Fsp3) is 0.438. The van der Waals surface area contributed by atoms with Gasteiger partial charge in [-0.05, 0) is 54.8 Å². The third-order valence-electron chi connectivity index (χ3n) is 4.37. The molecule has 2 N–H and O–H groups in total. The predicted octanol–water partition coefficient (Wildman–Crippen LogP) is 2.10. The van der Waals surface area contributed by atoms with Crippen LogP contribution in [0.2, 0.25) is 0 Å². The first kappa shape index (κ1) is 12.4. The van der Waals surface area contributed by atoms with E-state index in [-0.39, 0.29) is 5.41 Å². The van der Waals surface area contributed by atoms with E-state index in [0.717, 1.165) is 37.9 Å². The number of fused-ring (bicyclic) bond motifs is 1. The van der Waals surface area contributed by atoms with E-state index >= 15 is 0 Å². The smallest absolute Gasteiger partial charge is 0.0630 e. The summed E-state index contributed by atoms with van der Waals surface area (Å²) in [5.74, 6) is 0. The summed E-state index contributed by atoms with van der Waals surface area (Å²) in [7, 11) is 1.97. The second kappa shape index (κ2) is 4.82. The van der Waals surface area contributed by atoms with Crippen molar-refractivity contribution in [3.8, 4) is 0 Å². The average Bonchev–Trinajstić information content (AvgIpc) is 2.84. The highest BCUT2D eigenvalue weighted by molar-refractivity contribution is 5.31. The van der Waals surface area contributed by atoms with E-state index in [9.17, 15) is 0 Å². The molecule has 19 heavy (non-hydrogen) atoms. The van der Waals surface area contributed by atoms with Gasteiger partial charge in [-0.2, -0.15) is 5.10 Å². The Bertz CT molecular complexity index is 573. The summed E-state index contributed by atoms with van der Waals surface area (Å²) in [4.78, 5) is 0. The van der Waals surface area contributed by atoms with E-state index in [4.69, 9.17) is 5.73 Å². The molecule has 0 saturated heterocycles. The van der Waals surface area contributed by atoms with Crippen LogP contribution in [0.4, 0.5) is 0 Å². The Kier molecular flexibility index (Phi) is 3.15. The lowest BCUT2D eigenvalue weighted by Crippen LogP contribution is -2.38. The molecule has 1 unspecified atom stereocenters. The molecule has 0 spiro atoms. The summed E-state index contributed by atoms with van der Waals surface area (Å²) in [5.41, 5.74) is 10.4. The van der Waals surface area contributed by atoms with Gasteiger partial charge in [0.25, 0.3) is 0 Å². The van der Waals surface area contributed by atoms with Crippen molar-refractivity contribution >= 4 is 0 Å². The Balaban J connectivity index is 1.85. The van der Waals surface area contributed by atoms with Gasteiger partial charge in [0, 0.05) is 13.2 Å². The lowest BCUT2D eigenvalue weighted by molar-refractivity contribution is 0.251. The van der Waals surface area contributed by atoms with Gasteiger partial charge in [0.2, 0.25) is 0 Å². The molecule has 3 nitrogen and oxygen atoms in total. The van der Waals surface area contributed by atoms with Crippen molar-refractivity contribution in [1.82, 2.24) is 9.78 Å². The lowest BCUT2D eigenvalue weighted by Gasteiger charge is -2.37. The monoisotopic (exact) mass is 255 g/mol. The molecule has 1 aromatic heterocycles. The van der Waals surface area contributed by atoms with Crippen molar-refractivity contribution in [2.45, 2.75) is 25.7 Å². The van der Waals surface area contributed by atoms with Crippen molar-refractivity contribution in [3.05, 3.63) is 53.3 Å². The van der Waals surface area contributed by atoms with Gasteiger partial charge in [-0.25, -0.2) is 0 Å². The molecular formula is C16H21N3. The number of aromatic nitrogens is 2. The minimum atomic E-state index is 0.183. The maximum atomic E-state index is 6.12. The van der Waals surface area contributed by atoms with Crippen LogP contribution in [0.15, 0.2) is 36.5 Å². The molecule has 0 saturated carbocycles. The second-order valence-electron chi connectivity index (χ2n) is 5.81. The normalized spacial score (nSPS) is 22.2. The van der Waals surface area contributed by atoms with Crippen LogP contribution >= 0.6 is 0 Å². The van der Waals surface area contributed by atoms with Gasteiger partial charge in [-0.3, -0.25) is 4.68 Å².